The zero-order chi connectivity index (χ0) is 19.4. The highest BCUT2D eigenvalue weighted by Crippen LogP contribution is 2.29. The van der Waals surface area contributed by atoms with Crippen LogP contribution < -0.4 is 24.6 Å². The van der Waals surface area contributed by atoms with Gasteiger partial charge in [0.25, 0.3) is 0 Å². The number of fused-ring (bicyclic) bond motifs is 1. The van der Waals surface area contributed by atoms with E-state index in [1.807, 2.05) is 31.1 Å². The van der Waals surface area contributed by atoms with E-state index >= 15 is 0 Å². The van der Waals surface area contributed by atoms with Crippen LogP contribution in [0.2, 0.25) is 0 Å². The molecule has 0 amide bonds. The van der Waals surface area contributed by atoms with Crippen LogP contribution in [0.25, 0.3) is 0 Å². The summed E-state index contributed by atoms with van der Waals surface area (Å²) in [4.78, 5) is 13.7. The monoisotopic (exact) mass is 371 g/mol. The molecule has 0 aliphatic carbocycles. The van der Waals surface area contributed by atoms with Crippen LogP contribution in [0.1, 0.15) is 16.8 Å². The van der Waals surface area contributed by atoms with Crippen LogP contribution in [0, 0.1) is 0 Å². The molecule has 0 fully saturated rings. The van der Waals surface area contributed by atoms with E-state index in [-0.39, 0.29) is 0 Å². The van der Waals surface area contributed by atoms with Gasteiger partial charge >= 0.3 is 0 Å². The third kappa shape index (κ3) is 4.24. The van der Waals surface area contributed by atoms with Crippen LogP contribution >= 0.6 is 0 Å². The molecule has 0 unspecified atom stereocenters. The van der Waals surface area contributed by atoms with Gasteiger partial charge in [0, 0.05) is 39.8 Å². The first kappa shape index (κ1) is 19.2. The Hall–Kier alpha value is -2.54. The van der Waals surface area contributed by atoms with Gasteiger partial charge in [-0.2, -0.15) is 4.98 Å². The van der Waals surface area contributed by atoms with E-state index in [0.717, 1.165) is 61.4 Å². The fourth-order valence-electron chi connectivity index (χ4n) is 3.28. The van der Waals surface area contributed by atoms with Crippen molar-refractivity contribution in [2.45, 2.75) is 19.4 Å². The van der Waals surface area contributed by atoms with E-state index in [1.165, 1.54) is 11.1 Å². The molecule has 0 saturated carbocycles. The molecule has 7 nitrogen and oxygen atoms in total. The van der Waals surface area contributed by atoms with Crippen molar-refractivity contribution in [1.82, 2.24) is 15.3 Å². The SMILES string of the molecule is COc1ccc(CCN(C)c2nc(N(C)C)nc3c2CCNC3)cc1OC. The Morgan fingerprint density at radius 3 is 2.56 bits per heavy atom. The van der Waals surface area contributed by atoms with Gasteiger partial charge in [0.2, 0.25) is 5.95 Å². The van der Waals surface area contributed by atoms with Crippen molar-refractivity contribution in [2.75, 3.05) is 58.3 Å². The number of aromatic nitrogens is 2. The normalized spacial score (nSPS) is 13.1. The van der Waals surface area contributed by atoms with Crippen LogP contribution in [-0.4, -0.2) is 58.4 Å². The molecule has 3 rings (SSSR count). The molecule has 1 aromatic carbocycles. The molecule has 1 aromatic heterocycles. The number of nitrogens with one attached hydrogen (secondary N) is 1. The van der Waals surface area contributed by atoms with E-state index in [2.05, 4.69) is 23.3 Å². The third-order valence-electron chi connectivity index (χ3n) is 4.85. The molecule has 0 radical (unpaired) electrons. The average Bonchev–Trinajstić information content (AvgIpc) is 2.70. The van der Waals surface area contributed by atoms with Crippen molar-refractivity contribution in [3.8, 4) is 11.5 Å². The fraction of sp³-hybridized carbons (Fsp3) is 0.500. The lowest BCUT2D eigenvalue weighted by molar-refractivity contribution is 0.354. The standard InChI is InChI=1S/C20H29N5O2/c1-24(2)20-22-16-13-21-10-8-15(16)19(23-20)25(3)11-9-14-6-7-17(26-4)18(12-14)27-5/h6-7,12,21H,8-11,13H2,1-5H3. The second kappa shape index (κ2) is 8.43. The highest BCUT2D eigenvalue weighted by atomic mass is 16.5. The number of hydrogen-bond donors (Lipinski definition) is 1. The lowest BCUT2D eigenvalue weighted by Gasteiger charge is -2.27. The summed E-state index contributed by atoms with van der Waals surface area (Å²) in [5.41, 5.74) is 3.57. The van der Waals surface area contributed by atoms with Crippen molar-refractivity contribution in [1.29, 1.82) is 0 Å². The number of rotatable bonds is 7. The van der Waals surface area contributed by atoms with Crippen molar-refractivity contribution in [3.05, 3.63) is 35.0 Å². The molecular weight excluding hydrogens is 342 g/mol. The van der Waals surface area contributed by atoms with Gasteiger partial charge < -0.3 is 24.6 Å². The molecular formula is C20H29N5O2. The molecule has 7 heteroatoms. The summed E-state index contributed by atoms with van der Waals surface area (Å²) in [7, 11) is 9.38. The van der Waals surface area contributed by atoms with Crippen molar-refractivity contribution < 1.29 is 9.47 Å². The topological polar surface area (TPSA) is 62.8 Å². The molecule has 1 aliphatic rings. The molecule has 0 atom stereocenters. The lowest BCUT2D eigenvalue weighted by Crippen LogP contribution is -2.31. The second-order valence-corrected chi connectivity index (χ2v) is 6.95. The molecule has 27 heavy (non-hydrogen) atoms. The Labute approximate surface area is 161 Å². The Morgan fingerprint density at radius 2 is 1.85 bits per heavy atom. The summed E-state index contributed by atoms with van der Waals surface area (Å²) in [5, 5.41) is 3.40. The molecule has 0 bridgehead atoms. The van der Waals surface area contributed by atoms with Crippen LogP contribution in [0.5, 0.6) is 11.5 Å². The number of anilines is 2. The summed E-state index contributed by atoms with van der Waals surface area (Å²) in [5.74, 6) is 3.30. The van der Waals surface area contributed by atoms with Crippen LogP contribution in [0.3, 0.4) is 0 Å². The molecule has 0 saturated heterocycles. The molecule has 146 valence electrons. The molecule has 0 spiro atoms. The van der Waals surface area contributed by atoms with Gasteiger partial charge in [0.15, 0.2) is 11.5 Å². The number of methoxy groups -OCH3 is 2. The van der Waals surface area contributed by atoms with E-state index in [1.54, 1.807) is 14.2 Å². The Morgan fingerprint density at radius 1 is 1.07 bits per heavy atom. The van der Waals surface area contributed by atoms with E-state index < -0.39 is 0 Å². The Bertz CT molecular complexity index is 794. The predicted octanol–water partition coefficient (Wildman–Crippen LogP) is 1.88. The Kier molecular flexibility index (Phi) is 6.01. The van der Waals surface area contributed by atoms with Crippen LogP contribution in [0.15, 0.2) is 18.2 Å². The van der Waals surface area contributed by atoms with Gasteiger partial charge in [-0.05, 0) is 37.1 Å². The quantitative estimate of drug-likeness (QED) is 0.797. The van der Waals surface area contributed by atoms with Crippen LogP contribution in [0.4, 0.5) is 11.8 Å². The summed E-state index contributed by atoms with van der Waals surface area (Å²) in [6, 6.07) is 6.08. The maximum Gasteiger partial charge on any atom is 0.227 e. The maximum atomic E-state index is 5.41. The molecule has 1 aliphatic heterocycles. The smallest absolute Gasteiger partial charge is 0.227 e. The minimum absolute atomic E-state index is 0.752. The van der Waals surface area contributed by atoms with E-state index in [9.17, 15) is 0 Å². The maximum absolute atomic E-state index is 5.41. The van der Waals surface area contributed by atoms with E-state index in [0.29, 0.717) is 0 Å². The molecule has 2 heterocycles. The second-order valence-electron chi connectivity index (χ2n) is 6.95. The molecule has 1 N–H and O–H groups in total. The number of ether oxygens (including phenoxy) is 2. The summed E-state index contributed by atoms with van der Waals surface area (Å²) in [6.07, 6.45) is 1.85. The highest BCUT2D eigenvalue weighted by Gasteiger charge is 2.20. The van der Waals surface area contributed by atoms with E-state index in [4.69, 9.17) is 19.4 Å². The van der Waals surface area contributed by atoms with Crippen LogP contribution in [-0.2, 0) is 19.4 Å². The minimum Gasteiger partial charge on any atom is -0.493 e. The first-order valence-electron chi connectivity index (χ1n) is 9.23. The zero-order valence-electron chi connectivity index (χ0n) is 16.9. The van der Waals surface area contributed by atoms with Gasteiger partial charge in [-0.3, -0.25) is 0 Å². The summed E-state index contributed by atoms with van der Waals surface area (Å²) in [6.45, 7) is 2.63. The number of hydrogen-bond acceptors (Lipinski definition) is 7. The van der Waals surface area contributed by atoms with Crippen molar-refractivity contribution in [2.24, 2.45) is 0 Å². The third-order valence-corrected chi connectivity index (χ3v) is 4.85. The lowest BCUT2D eigenvalue weighted by atomic mass is 10.1. The van der Waals surface area contributed by atoms with Gasteiger partial charge in [-0.25, -0.2) is 4.98 Å². The van der Waals surface area contributed by atoms with Crippen molar-refractivity contribution in [3.63, 3.8) is 0 Å². The predicted molar refractivity (Wildman–Crippen MR) is 108 cm³/mol. The average molecular weight is 371 g/mol. The number of nitrogens with zero attached hydrogens (tertiary/aromatic N) is 4. The number of benzene rings is 1. The first-order valence-corrected chi connectivity index (χ1v) is 9.23. The Balaban J connectivity index is 1.80. The first-order chi connectivity index (χ1) is 13.0. The van der Waals surface area contributed by atoms with Gasteiger partial charge in [-0.15, -0.1) is 0 Å². The van der Waals surface area contributed by atoms with Gasteiger partial charge in [0.1, 0.15) is 5.82 Å². The van der Waals surface area contributed by atoms with Crippen molar-refractivity contribution >= 4 is 11.8 Å². The fourth-order valence-corrected chi connectivity index (χ4v) is 3.28. The van der Waals surface area contributed by atoms with Gasteiger partial charge in [0.05, 0.1) is 19.9 Å². The zero-order valence-corrected chi connectivity index (χ0v) is 16.9. The largest absolute Gasteiger partial charge is 0.493 e. The molecule has 2 aromatic rings. The summed E-state index contributed by atoms with van der Waals surface area (Å²) < 4.78 is 10.7. The highest BCUT2D eigenvalue weighted by molar-refractivity contribution is 5.54. The van der Waals surface area contributed by atoms with Gasteiger partial charge in [-0.1, -0.05) is 6.07 Å². The summed E-state index contributed by atoms with van der Waals surface area (Å²) >= 11 is 0. The minimum atomic E-state index is 0.752. The number of likely N-dealkylation sites (N-methyl/N-ethyl adjacent to an activating group) is 1.